The number of halogens is 1. The van der Waals surface area contributed by atoms with Crippen LogP contribution in [0.1, 0.15) is 5.69 Å². The molecule has 1 heterocycles. The molecule has 0 spiro atoms. The summed E-state index contributed by atoms with van der Waals surface area (Å²) >= 11 is 3.19. The molecular weight excluding hydrogens is 220 g/mol. The van der Waals surface area contributed by atoms with E-state index in [1.165, 1.54) is 6.20 Å². The SMILES string of the molecule is N/C=C(/C=O)c1cccc(Br)n1. The number of aldehydes is 1. The summed E-state index contributed by atoms with van der Waals surface area (Å²) in [5.41, 5.74) is 6.17. The highest BCUT2D eigenvalue weighted by Gasteiger charge is 2.00. The number of aromatic nitrogens is 1. The lowest BCUT2D eigenvalue weighted by molar-refractivity contribution is -0.103. The molecule has 0 fully saturated rings. The maximum Gasteiger partial charge on any atom is 0.153 e. The first-order valence-electron chi connectivity index (χ1n) is 3.28. The van der Waals surface area contributed by atoms with Crippen LogP contribution in [-0.4, -0.2) is 11.3 Å². The zero-order valence-corrected chi connectivity index (χ0v) is 7.78. The number of carbonyl (C=O) groups is 1. The zero-order valence-electron chi connectivity index (χ0n) is 6.20. The Bertz CT molecular complexity index is 323. The second kappa shape index (κ2) is 4.01. The lowest BCUT2D eigenvalue weighted by Gasteiger charge is -1.97. The molecule has 0 unspecified atom stereocenters. The number of nitrogens with two attached hydrogens (primary N) is 1. The largest absolute Gasteiger partial charge is 0.404 e. The van der Waals surface area contributed by atoms with E-state index in [0.29, 0.717) is 22.2 Å². The smallest absolute Gasteiger partial charge is 0.153 e. The average molecular weight is 227 g/mol. The Morgan fingerprint density at radius 3 is 2.83 bits per heavy atom. The minimum atomic E-state index is 0.385. The third kappa shape index (κ3) is 1.92. The van der Waals surface area contributed by atoms with E-state index < -0.39 is 0 Å². The Balaban J connectivity index is 3.10. The number of pyridine rings is 1. The average Bonchev–Trinajstić information content (AvgIpc) is 2.07. The van der Waals surface area contributed by atoms with Crippen molar-refractivity contribution in [2.75, 3.05) is 0 Å². The summed E-state index contributed by atoms with van der Waals surface area (Å²) < 4.78 is 0.682. The van der Waals surface area contributed by atoms with Crippen molar-refractivity contribution in [1.29, 1.82) is 0 Å². The first-order chi connectivity index (χ1) is 5.77. The van der Waals surface area contributed by atoms with Crippen molar-refractivity contribution in [2.45, 2.75) is 0 Å². The molecule has 3 nitrogen and oxygen atoms in total. The van der Waals surface area contributed by atoms with E-state index in [-0.39, 0.29) is 0 Å². The molecule has 2 N–H and O–H groups in total. The Morgan fingerprint density at radius 1 is 1.58 bits per heavy atom. The third-order valence-electron chi connectivity index (χ3n) is 1.32. The summed E-state index contributed by atoms with van der Waals surface area (Å²) in [5.74, 6) is 0. The van der Waals surface area contributed by atoms with Crippen molar-refractivity contribution in [3.8, 4) is 0 Å². The molecule has 0 aliphatic rings. The molecule has 0 bridgehead atoms. The number of hydrogen-bond donors (Lipinski definition) is 1. The standard InChI is InChI=1S/C8H7BrN2O/c9-8-3-1-2-7(11-8)6(4-10)5-12/h1-5H,10H2/b6-4-. The summed E-state index contributed by atoms with van der Waals surface area (Å²) in [6.07, 6.45) is 1.91. The number of rotatable bonds is 2. The quantitative estimate of drug-likeness (QED) is 0.471. The van der Waals surface area contributed by atoms with Crippen LogP contribution in [0, 0.1) is 0 Å². The van der Waals surface area contributed by atoms with Crippen LogP contribution < -0.4 is 5.73 Å². The first kappa shape index (κ1) is 8.93. The Kier molecular flexibility index (Phi) is 2.99. The number of carbonyl (C=O) groups excluding carboxylic acids is 1. The maximum absolute atomic E-state index is 10.4. The molecular formula is C8H7BrN2O. The van der Waals surface area contributed by atoms with Gasteiger partial charge in [-0.3, -0.25) is 4.79 Å². The van der Waals surface area contributed by atoms with E-state index in [1.54, 1.807) is 18.2 Å². The van der Waals surface area contributed by atoms with Gasteiger partial charge < -0.3 is 5.73 Å². The van der Waals surface area contributed by atoms with Gasteiger partial charge in [-0.15, -0.1) is 0 Å². The van der Waals surface area contributed by atoms with Crippen molar-refractivity contribution in [3.05, 3.63) is 34.7 Å². The fourth-order valence-electron chi connectivity index (χ4n) is 0.754. The van der Waals surface area contributed by atoms with Crippen LogP contribution in [0.15, 0.2) is 29.0 Å². The van der Waals surface area contributed by atoms with E-state index in [4.69, 9.17) is 5.73 Å². The summed E-state index contributed by atoms with van der Waals surface area (Å²) in [6, 6.07) is 5.29. The van der Waals surface area contributed by atoms with Crippen molar-refractivity contribution in [3.63, 3.8) is 0 Å². The highest BCUT2D eigenvalue weighted by molar-refractivity contribution is 9.10. The molecule has 1 aromatic rings. The number of allylic oxidation sites excluding steroid dienone is 1. The van der Waals surface area contributed by atoms with E-state index in [2.05, 4.69) is 20.9 Å². The Morgan fingerprint density at radius 2 is 2.33 bits per heavy atom. The van der Waals surface area contributed by atoms with E-state index in [9.17, 15) is 4.79 Å². The fraction of sp³-hybridized carbons (Fsp3) is 0. The molecule has 0 saturated heterocycles. The van der Waals surface area contributed by atoms with Gasteiger partial charge in [0.05, 0.1) is 11.3 Å². The van der Waals surface area contributed by atoms with Gasteiger partial charge in [-0.25, -0.2) is 4.98 Å². The van der Waals surface area contributed by atoms with Crippen LogP contribution in [-0.2, 0) is 4.79 Å². The maximum atomic E-state index is 10.4. The molecule has 0 radical (unpaired) electrons. The Hall–Kier alpha value is -1.16. The molecule has 62 valence electrons. The van der Waals surface area contributed by atoms with E-state index in [0.717, 1.165) is 0 Å². The molecule has 0 aliphatic heterocycles. The van der Waals surface area contributed by atoms with Crippen molar-refractivity contribution in [2.24, 2.45) is 5.73 Å². The van der Waals surface area contributed by atoms with Crippen molar-refractivity contribution < 1.29 is 4.79 Å². The first-order valence-corrected chi connectivity index (χ1v) is 4.07. The molecule has 0 aliphatic carbocycles. The highest BCUT2D eigenvalue weighted by Crippen LogP contribution is 2.11. The lowest BCUT2D eigenvalue weighted by Crippen LogP contribution is -1.93. The normalized spacial score (nSPS) is 11.2. The number of nitrogens with zero attached hydrogens (tertiary/aromatic N) is 1. The molecule has 4 heteroatoms. The van der Waals surface area contributed by atoms with Crippen molar-refractivity contribution in [1.82, 2.24) is 4.98 Å². The van der Waals surface area contributed by atoms with E-state index >= 15 is 0 Å². The van der Waals surface area contributed by atoms with Crippen LogP contribution in [0.5, 0.6) is 0 Å². The van der Waals surface area contributed by atoms with E-state index in [1.807, 2.05) is 0 Å². The summed E-state index contributed by atoms with van der Waals surface area (Å²) in [5, 5.41) is 0. The Labute approximate surface area is 78.4 Å². The molecule has 12 heavy (non-hydrogen) atoms. The number of hydrogen-bond acceptors (Lipinski definition) is 3. The van der Waals surface area contributed by atoms with Gasteiger partial charge in [-0.05, 0) is 28.1 Å². The summed E-state index contributed by atoms with van der Waals surface area (Å²) in [6.45, 7) is 0. The monoisotopic (exact) mass is 226 g/mol. The zero-order chi connectivity index (χ0) is 8.97. The molecule has 0 saturated carbocycles. The van der Waals surface area contributed by atoms with Gasteiger partial charge >= 0.3 is 0 Å². The van der Waals surface area contributed by atoms with Crippen LogP contribution in [0.3, 0.4) is 0 Å². The van der Waals surface area contributed by atoms with Crippen LogP contribution in [0.25, 0.3) is 5.57 Å². The van der Waals surface area contributed by atoms with Crippen LogP contribution >= 0.6 is 15.9 Å². The second-order valence-electron chi connectivity index (χ2n) is 2.09. The predicted octanol–water partition coefficient (Wildman–Crippen LogP) is 1.34. The lowest BCUT2D eigenvalue weighted by atomic mass is 10.2. The minimum Gasteiger partial charge on any atom is -0.404 e. The van der Waals surface area contributed by atoms with Gasteiger partial charge in [0.2, 0.25) is 0 Å². The fourth-order valence-corrected chi connectivity index (χ4v) is 1.10. The van der Waals surface area contributed by atoms with Crippen molar-refractivity contribution >= 4 is 27.8 Å². The molecule has 0 atom stereocenters. The minimum absolute atomic E-state index is 0.385. The van der Waals surface area contributed by atoms with Gasteiger partial charge in [-0.2, -0.15) is 0 Å². The van der Waals surface area contributed by atoms with Crippen LogP contribution in [0.2, 0.25) is 0 Å². The molecule has 1 rings (SSSR count). The highest BCUT2D eigenvalue weighted by atomic mass is 79.9. The summed E-state index contributed by atoms with van der Waals surface area (Å²) in [4.78, 5) is 14.5. The predicted molar refractivity (Wildman–Crippen MR) is 50.2 cm³/mol. The summed E-state index contributed by atoms with van der Waals surface area (Å²) in [7, 11) is 0. The molecule has 0 aromatic carbocycles. The third-order valence-corrected chi connectivity index (χ3v) is 1.76. The van der Waals surface area contributed by atoms with Gasteiger partial charge in [0.25, 0.3) is 0 Å². The van der Waals surface area contributed by atoms with Gasteiger partial charge in [0.15, 0.2) is 6.29 Å². The van der Waals surface area contributed by atoms with Gasteiger partial charge in [0, 0.05) is 6.20 Å². The van der Waals surface area contributed by atoms with Gasteiger partial charge in [0.1, 0.15) is 4.60 Å². The van der Waals surface area contributed by atoms with Gasteiger partial charge in [-0.1, -0.05) is 6.07 Å². The molecule has 1 aromatic heterocycles. The topological polar surface area (TPSA) is 56.0 Å². The molecule has 0 amide bonds. The second-order valence-corrected chi connectivity index (χ2v) is 2.90. The van der Waals surface area contributed by atoms with Crippen LogP contribution in [0.4, 0.5) is 0 Å².